The number of aryl methyl sites for hydroxylation is 1. The van der Waals surface area contributed by atoms with Crippen LogP contribution in [0.15, 0.2) is 17.1 Å². The quantitative estimate of drug-likeness (QED) is 0.854. The fraction of sp³-hybridized carbons (Fsp3) is 0.455. The van der Waals surface area contributed by atoms with Gasteiger partial charge in [0.25, 0.3) is 5.91 Å². The molecule has 5 heteroatoms. The lowest BCUT2D eigenvalue weighted by Crippen LogP contribution is -2.35. The molecule has 0 saturated carbocycles. The van der Waals surface area contributed by atoms with Gasteiger partial charge in [0, 0.05) is 36.4 Å². The van der Waals surface area contributed by atoms with E-state index in [1.165, 1.54) is 12.3 Å². The number of carbonyl (C=O) groups excluding carboxylic acids is 1. The van der Waals surface area contributed by atoms with Crippen molar-refractivity contribution in [2.24, 2.45) is 0 Å². The summed E-state index contributed by atoms with van der Waals surface area (Å²) in [5, 5.41) is 0.705. The second kappa shape index (κ2) is 5.84. The van der Waals surface area contributed by atoms with E-state index in [-0.39, 0.29) is 16.9 Å². The maximum atomic E-state index is 12.0. The number of amides is 1. The van der Waals surface area contributed by atoms with Gasteiger partial charge < -0.3 is 9.88 Å². The normalized spacial score (nSPS) is 10.2. The molecule has 0 aliphatic heterocycles. The van der Waals surface area contributed by atoms with Crippen LogP contribution in [-0.4, -0.2) is 34.2 Å². The van der Waals surface area contributed by atoms with E-state index in [1.54, 1.807) is 11.8 Å². The lowest BCUT2D eigenvalue weighted by Gasteiger charge is -2.19. The zero-order valence-corrected chi connectivity index (χ0v) is 11.0. The molecule has 1 aromatic heterocycles. The number of hydrogen-bond donors (Lipinski definition) is 1. The van der Waals surface area contributed by atoms with Crippen LogP contribution in [0.2, 0.25) is 0 Å². The summed E-state index contributed by atoms with van der Waals surface area (Å²) in [5.74, 6) is -0.219. The van der Waals surface area contributed by atoms with Gasteiger partial charge in [0.2, 0.25) is 0 Å². The Labute approximate surface area is 103 Å². The number of rotatable bonds is 4. The van der Waals surface area contributed by atoms with Gasteiger partial charge in [-0.25, -0.2) is 0 Å². The van der Waals surface area contributed by atoms with Gasteiger partial charge in [-0.2, -0.15) is 0 Å². The summed E-state index contributed by atoms with van der Waals surface area (Å²) in [6, 6.07) is 1.44. The number of halogens is 1. The van der Waals surface area contributed by atoms with Crippen LogP contribution in [-0.2, 0) is 0 Å². The van der Waals surface area contributed by atoms with E-state index in [2.05, 4.69) is 20.9 Å². The van der Waals surface area contributed by atoms with E-state index in [0.29, 0.717) is 18.4 Å². The largest absolute Gasteiger partial charge is 0.364 e. The first kappa shape index (κ1) is 13.0. The summed E-state index contributed by atoms with van der Waals surface area (Å²) in [6.07, 6.45) is 1.48. The average molecular weight is 287 g/mol. The molecule has 4 nitrogen and oxygen atoms in total. The third kappa shape index (κ3) is 2.95. The number of nitrogens with one attached hydrogen (secondary N) is 1. The molecule has 1 amide bonds. The van der Waals surface area contributed by atoms with Gasteiger partial charge in [0.1, 0.15) is 5.56 Å². The molecule has 0 unspecified atom stereocenters. The van der Waals surface area contributed by atoms with E-state index in [9.17, 15) is 9.59 Å². The van der Waals surface area contributed by atoms with Crippen molar-refractivity contribution in [1.82, 2.24) is 9.88 Å². The number of pyridine rings is 1. The van der Waals surface area contributed by atoms with Crippen molar-refractivity contribution in [3.63, 3.8) is 0 Å². The molecule has 0 spiro atoms. The summed E-state index contributed by atoms with van der Waals surface area (Å²) in [5.41, 5.74) is 0.729. The highest BCUT2D eigenvalue weighted by molar-refractivity contribution is 9.09. The topological polar surface area (TPSA) is 53.2 Å². The average Bonchev–Trinajstić information content (AvgIpc) is 2.25. The van der Waals surface area contributed by atoms with Crippen LogP contribution < -0.4 is 5.43 Å². The Morgan fingerprint density at radius 3 is 2.75 bits per heavy atom. The molecular weight excluding hydrogens is 272 g/mol. The van der Waals surface area contributed by atoms with Gasteiger partial charge in [0.15, 0.2) is 5.43 Å². The Kier molecular flexibility index (Phi) is 4.73. The predicted octanol–water partition coefficient (Wildman–Crippen LogP) is 1.54. The van der Waals surface area contributed by atoms with Crippen LogP contribution in [0.5, 0.6) is 0 Å². The number of nitrogens with zero attached hydrogens (tertiary/aromatic N) is 1. The van der Waals surface area contributed by atoms with Crippen LogP contribution in [0.1, 0.15) is 23.0 Å². The fourth-order valence-electron chi connectivity index (χ4n) is 1.42. The third-order valence-electron chi connectivity index (χ3n) is 2.31. The van der Waals surface area contributed by atoms with Crippen molar-refractivity contribution in [3.05, 3.63) is 33.7 Å². The molecule has 0 aliphatic rings. The van der Waals surface area contributed by atoms with E-state index < -0.39 is 0 Å². The second-order valence-corrected chi connectivity index (χ2v) is 4.26. The molecule has 0 aromatic carbocycles. The Hall–Kier alpha value is -1.10. The highest BCUT2D eigenvalue weighted by atomic mass is 79.9. The SMILES string of the molecule is CCN(CCBr)C(=O)c1c[nH]c(C)cc1=O. The maximum absolute atomic E-state index is 12.0. The zero-order valence-electron chi connectivity index (χ0n) is 9.42. The predicted molar refractivity (Wildman–Crippen MR) is 67.2 cm³/mol. The summed E-state index contributed by atoms with van der Waals surface area (Å²) < 4.78 is 0. The minimum atomic E-state index is -0.228. The second-order valence-electron chi connectivity index (χ2n) is 3.47. The van der Waals surface area contributed by atoms with Gasteiger partial charge in [-0.3, -0.25) is 9.59 Å². The summed E-state index contributed by atoms with van der Waals surface area (Å²) >= 11 is 3.28. The lowest BCUT2D eigenvalue weighted by molar-refractivity contribution is 0.0773. The van der Waals surface area contributed by atoms with Crippen molar-refractivity contribution in [1.29, 1.82) is 0 Å². The standard InChI is InChI=1S/C11H15BrN2O2/c1-3-14(5-4-12)11(16)9-7-13-8(2)6-10(9)15/h6-7H,3-5H2,1-2H3,(H,13,15). The Morgan fingerprint density at radius 2 is 2.25 bits per heavy atom. The number of carbonyl (C=O) groups is 1. The van der Waals surface area contributed by atoms with Gasteiger partial charge in [0.05, 0.1) is 0 Å². The third-order valence-corrected chi connectivity index (χ3v) is 2.67. The van der Waals surface area contributed by atoms with E-state index >= 15 is 0 Å². The van der Waals surface area contributed by atoms with Crippen LogP contribution >= 0.6 is 15.9 Å². The van der Waals surface area contributed by atoms with E-state index in [4.69, 9.17) is 0 Å². The first-order valence-corrected chi connectivity index (χ1v) is 6.26. The van der Waals surface area contributed by atoms with Crippen LogP contribution in [0.4, 0.5) is 0 Å². The molecule has 0 fully saturated rings. The number of aromatic nitrogens is 1. The first-order valence-electron chi connectivity index (χ1n) is 5.14. The Morgan fingerprint density at radius 1 is 1.56 bits per heavy atom. The molecule has 88 valence electrons. The van der Waals surface area contributed by atoms with Crippen molar-refractivity contribution >= 4 is 21.8 Å². The molecule has 0 bridgehead atoms. The van der Waals surface area contributed by atoms with Crippen molar-refractivity contribution in [2.75, 3.05) is 18.4 Å². The molecule has 1 aromatic rings. The molecule has 0 radical (unpaired) electrons. The van der Waals surface area contributed by atoms with E-state index in [1.807, 2.05) is 6.92 Å². The Balaban J connectivity index is 2.99. The summed E-state index contributed by atoms with van der Waals surface area (Å²) in [7, 11) is 0. The summed E-state index contributed by atoms with van der Waals surface area (Å²) in [4.78, 5) is 28.1. The molecule has 0 saturated heterocycles. The smallest absolute Gasteiger partial charge is 0.259 e. The maximum Gasteiger partial charge on any atom is 0.259 e. The number of alkyl halides is 1. The van der Waals surface area contributed by atoms with Crippen LogP contribution in [0.3, 0.4) is 0 Å². The van der Waals surface area contributed by atoms with Crippen molar-refractivity contribution in [2.45, 2.75) is 13.8 Å². The first-order chi connectivity index (χ1) is 7.60. The van der Waals surface area contributed by atoms with Crippen LogP contribution in [0, 0.1) is 6.92 Å². The lowest BCUT2D eigenvalue weighted by atomic mass is 10.2. The molecule has 16 heavy (non-hydrogen) atoms. The highest BCUT2D eigenvalue weighted by Crippen LogP contribution is 2.00. The van der Waals surface area contributed by atoms with Crippen LogP contribution in [0.25, 0.3) is 0 Å². The molecule has 1 rings (SSSR count). The minimum absolute atomic E-state index is 0.202. The van der Waals surface area contributed by atoms with Gasteiger partial charge in [-0.05, 0) is 13.8 Å². The van der Waals surface area contributed by atoms with Gasteiger partial charge >= 0.3 is 0 Å². The van der Waals surface area contributed by atoms with E-state index in [0.717, 1.165) is 5.69 Å². The van der Waals surface area contributed by atoms with Gasteiger partial charge in [-0.15, -0.1) is 0 Å². The minimum Gasteiger partial charge on any atom is -0.364 e. The molecule has 0 aliphatic carbocycles. The van der Waals surface area contributed by atoms with Crippen molar-refractivity contribution < 1.29 is 4.79 Å². The monoisotopic (exact) mass is 286 g/mol. The number of H-pyrrole nitrogens is 1. The number of aromatic amines is 1. The molecule has 1 N–H and O–H groups in total. The fourth-order valence-corrected chi connectivity index (χ4v) is 1.84. The molecule has 0 atom stereocenters. The number of hydrogen-bond acceptors (Lipinski definition) is 2. The summed E-state index contributed by atoms with van der Waals surface area (Å²) in [6.45, 7) is 4.87. The van der Waals surface area contributed by atoms with Gasteiger partial charge in [-0.1, -0.05) is 15.9 Å². The van der Waals surface area contributed by atoms with Crippen molar-refractivity contribution in [3.8, 4) is 0 Å². The molecular formula is C11H15BrN2O2. The Bertz CT molecular complexity index is 428. The highest BCUT2D eigenvalue weighted by Gasteiger charge is 2.16. The molecule has 1 heterocycles. The zero-order chi connectivity index (χ0) is 12.1.